The van der Waals surface area contributed by atoms with Crippen molar-refractivity contribution in [2.45, 2.75) is 70.3 Å². The minimum absolute atomic E-state index is 0.0439. The monoisotopic (exact) mass is 513 g/mol. The number of nitrogens with one attached hydrogen (secondary N) is 2. The molecule has 10 heteroatoms. The number of nitrogens with zero attached hydrogens (tertiary/aromatic N) is 1. The Labute approximate surface area is 216 Å². The van der Waals surface area contributed by atoms with Crippen LogP contribution in [0.2, 0.25) is 0 Å². The number of hydrogen-bond donors (Lipinski definition) is 4. The number of carbonyl (C=O) groups is 4. The number of amides is 3. The van der Waals surface area contributed by atoms with Crippen molar-refractivity contribution in [1.29, 1.82) is 0 Å². The normalized spacial score (nSPS) is 15.3. The predicted octanol–water partition coefficient (Wildman–Crippen LogP) is 3.69. The Kier molecular flexibility index (Phi) is 9.46. The summed E-state index contributed by atoms with van der Waals surface area (Å²) in [4.78, 5) is 48.2. The van der Waals surface area contributed by atoms with Gasteiger partial charge < -0.3 is 20.2 Å². The van der Waals surface area contributed by atoms with Crippen LogP contribution in [-0.2, 0) is 19.8 Å². The lowest BCUT2D eigenvalue weighted by Crippen LogP contribution is -2.47. The van der Waals surface area contributed by atoms with Gasteiger partial charge in [-0.2, -0.15) is 0 Å². The second kappa shape index (κ2) is 12.5. The molecule has 0 unspecified atom stereocenters. The van der Waals surface area contributed by atoms with Gasteiger partial charge in [-0.25, -0.2) is 5.06 Å². The van der Waals surface area contributed by atoms with Crippen molar-refractivity contribution >= 4 is 24.2 Å². The van der Waals surface area contributed by atoms with E-state index in [2.05, 4.69) is 10.6 Å². The SMILES string of the molecule is CCCCC[C@@H](C(=O)NCNC(=O)c1ccc(-c2cccc(C3(C(=O)O)CC3)c2)o1)[C@@H](CC)N(O)C=O. The van der Waals surface area contributed by atoms with E-state index in [1.54, 1.807) is 37.3 Å². The van der Waals surface area contributed by atoms with Crippen LogP contribution in [0.3, 0.4) is 0 Å². The van der Waals surface area contributed by atoms with Gasteiger partial charge >= 0.3 is 5.97 Å². The van der Waals surface area contributed by atoms with Crippen molar-refractivity contribution in [3.05, 3.63) is 47.7 Å². The smallest absolute Gasteiger partial charge is 0.314 e. The first-order valence-electron chi connectivity index (χ1n) is 12.7. The van der Waals surface area contributed by atoms with Crippen molar-refractivity contribution in [2.24, 2.45) is 5.92 Å². The summed E-state index contributed by atoms with van der Waals surface area (Å²) in [5, 5.41) is 25.3. The molecule has 1 heterocycles. The number of hydrogen-bond acceptors (Lipinski definition) is 6. The topological polar surface area (TPSA) is 149 Å². The highest BCUT2D eigenvalue weighted by atomic mass is 16.5. The highest BCUT2D eigenvalue weighted by Gasteiger charge is 2.51. The molecule has 2 aromatic rings. The van der Waals surface area contributed by atoms with Gasteiger partial charge in [-0.3, -0.25) is 24.4 Å². The van der Waals surface area contributed by atoms with E-state index < -0.39 is 29.3 Å². The molecule has 0 aliphatic heterocycles. The molecule has 37 heavy (non-hydrogen) atoms. The molecule has 1 aromatic heterocycles. The van der Waals surface area contributed by atoms with Crippen LogP contribution in [0.5, 0.6) is 0 Å². The fourth-order valence-electron chi connectivity index (χ4n) is 4.61. The number of benzene rings is 1. The lowest BCUT2D eigenvalue weighted by atomic mass is 9.90. The summed E-state index contributed by atoms with van der Waals surface area (Å²) in [7, 11) is 0. The quantitative estimate of drug-likeness (QED) is 0.0933. The standard InChI is InChI=1S/C27H35N3O7/c1-3-5-6-10-20(21(4-2)30(36)17-31)24(32)28-16-29-25(33)23-12-11-22(37-23)18-8-7-9-19(15-18)27(13-14-27)26(34)35/h7-9,11-12,15,17,20-21,36H,3-6,10,13-14,16H2,1-2H3,(H,28,32)(H,29,33)(H,34,35)/t20-,21-/m1/s1. The Bertz CT molecular complexity index is 1110. The van der Waals surface area contributed by atoms with E-state index in [9.17, 15) is 29.5 Å². The van der Waals surface area contributed by atoms with E-state index in [1.807, 2.05) is 6.92 Å². The molecule has 1 aromatic carbocycles. The van der Waals surface area contributed by atoms with Crippen LogP contribution in [0.1, 0.15) is 74.9 Å². The average molecular weight is 514 g/mol. The highest BCUT2D eigenvalue weighted by Crippen LogP contribution is 2.49. The second-order valence-electron chi connectivity index (χ2n) is 9.42. The Morgan fingerprint density at radius 2 is 1.89 bits per heavy atom. The fourth-order valence-corrected chi connectivity index (χ4v) is 4.61. The first-order valence-corrected chi connectivity index (χ1v) is 12.7. The van der Waals surface area contributed by atoms with Crippen molar-refractivity contribution < 1.29 is 33.9 Å². The molecule has 3 rings (SSSR count). The second-order valence-corrected chi connectivity index (χ2v) is 9.42. The van der Waals surface area contributed by atoms with Crippen LogP contribution in [0.4, 0.5) is 0 Å². The number of carboxylic acids is 1. The maximum absolute atomic E-state index is 12.8. The summed E-state index contributed by atoms with van der Waals surface area (Å²) in [6.45, 7) is 3.68. The molecular formula is C27H35N3O7. The van der Waals surface area contributed by atoms with Gasteiger partial charge in [0, 0.05) is 5.56 Å². The van der Waals surface area contributed by atoms with Crippen LogP contribution < -0.4 is 10.6 Å². The Hall–Kier alpha value is -3.66. The molecule has 4 N–H and O–H groups in total. The summed E-state index contributed by atoms with van der Waals surface area (Å²) < 4.78 is 5.70. The third kappa shape index (κ3) is 6.56. The molecular weight excluding hydrogens is 478 g/mol. The van der Waals surface area contributed by atoms with Gasteiger partial charge in [0.2, 0.25) is 12.3 Å². The third-order valence-electron chi connectivity index (χ3n) is 6.99. The van der Waals surface area contributed by atoms with Crippen molar-refractivity contribution in [3.8, 4) is 11.3 Å². The molecule has 0 bridgehead atoms. The predicted molar refractivity (Wildman–Crippen MR) is 135 cm³/mol. The van der Waals surface area contributed by atoms with E-state index in [-0.39, 0.29) is 18.3 Å². The largest absolute Gasteiger partial charge is 0.481 e. The summed E-state index contributed by atoms with van der Waals surface area (Å²) in [6.07, 6.45) is 5.04. The number of hydroxylamine groups is 2. The molecule has 200 valence electrons. The van der Waals surface area contributed by atoms with E-state index in [0.29, 0.717) is 54.0 Å². The lowest BCUT2D eigenvalue weighted by molar-refractivity contribution is -0.168. The van der Waals surface area contributed by atoms with Crippen molar-refractivity contribution in [3.63, 3.8) is 0 Å². The Morgan fingerprint density at radius 3 is 2.51 bits per heavy atom. The average Bonchev–Trinajstić information content (AvgIpc) is 3.58. The Balaban J connectivity index is 1.60. The zero-order chi connectivity index (χ0) is 27.0. The molecule has 1 fully saturated rings. The molecule has 0 radical (unpaired) electrons. The van der Waals surface area contributed by atoms with Gasteiger partial charge in [-0.1, -0.05) is 51.3 Å². The minimum Gasteiger partial charge on any atom is -0.481 e. The van der Waals surface area contributed by atoms with E-state index in [0.717, 1.165) is 19.3 Å². The molecule has 0 spiro atoms. The number of unbranched alkanes of at least 4 members (excludes halogenated alkanes) is 2. The number of aliphatic carboxylic acids is 1. The molecule has 10 nitrogen and oxygen atoms in total. The van der Waals surface area contributed by atoms with Crippen LogP contribution in [0.25, 0.3) is 11.3 Å². The van der Waals surface area contributed by atoms with Gasteiger partial charge in [-0.15, -0.1) is 0 Å². The van der Waals surface area contributed by atoms with Gasteiger partial charge in [0.15, 0.2) is 5.76 Å². The van der Waals surface area contributed by atoms with Crippen molar-refractivity contribution in [2.75, 3.05) is 6.67 Å². The van der Waals surface area contributed by atoms with E-state index in [4.69, 9.17) is 4.42 Å². The van der Waals surface area contributed by atoms with Crippen LogP contribution in [0.15, 0.2) is 40.8 Å². The fraction of sp³-hybridized carbons (Fsp3) is 0.481. The first-order chi connectivity index (χ1) is 17.8. The number of rotatable bonds is 15. The molecule has 1 aliphatic rings. The maximum Gasteiger partial charge on any atom is 0.314 e. The highest BCUT2D eigenvalue weighted by molar-refractivity contribution is 5.92. The van der Waals surface area contributed by atoms with Gasteiger partial charge in [-0.05, 0) is 49.4 Å². The summed E-state index contributed by atoms with van der Waals surface area (Å²) >= 11 is 0. The number of furan rings is 1. The molecule has 0 saturated heterocycles. The lowest BCUT2D eigenvalue weighted by Gasteiger charge is -2.29. The van der Waals surface area contributed by atoms with Crippen LogP contribution >= 0.6 is 0 Å². The third-order valence-corrected chi connectivity index (χ3v) is 6.99. The van der Waals surface area contributed by atoms with E-state index >= 15 is 0 Å². The molecule has 1 saturated carbocycles. The van der Waals surface area contributed by atoms with Crippen molar-refractivity contribution in [1.82, 2.24) is 15.7 Å². The Morgan fingerprint density at radius 1 is 1.14 bits per heavy atom. The maximum atomic E-state index is 12.8. The molecule has 3 amide bonds. The first kappa shape index (κ1) is 27.9. The van der Waals surface area contributed by atoms with Gasteiger partial charge in [0.1, 0.15) is 5.76 Å². The van der Waals surface area contributed by atoms with Crippen LogP contribution in [0, 0.1) is 5.92 Å². The minimum atomic E-state index is -0.845. The molecule has 1 aliphatic carbocycles. The summed E-state index contributed by atoms with van der Waals surface area (Å²) in [5.74, 6) is -1.89. The summed E-state index contributed by atoms with van der Waals surface area (Å²) in [6, 6.07) is 9.60. The van der Waals surface area contributed by atoms with Crippen LogP contribution in [-0.4, -0.2) is 52.3 Å². The number of carboxylic acid groups (broad SMARTS) is 1. The molecule has 2 atom stereocenters. The van der Waals surface area contributed by atoms with Gasteiger partial charge in [0.25, 0.3) is 5.91 Å². The van der Waals surface area contributed by atoms with Gasteiger partial charge in [0.05, 0.1) is 24.0 Å². The zero-order valence-corrected chi connectivity index (χ0v) is 21.2. The summed E-state index contributed by atoms with van der Waals surface area (Å²) in [5.41, 5.74) is 0.532. The zero-order valence-electron chi connectivity index (χ0n) is 21.2. The number of carbonyl (C=O) groups excluding carboxylic acids is 3. The van der Waals surface area contributed by atoms with E-state index in [1.165, 1.54) is 6.07 Å².